The lowest BCUT2D eigenvalue weighted by atomic mass is 10.6. The van der Waals surface area contributed by atoms with Gasteiger partial charge in [-0.2, -0.15) is 0 Å². The van der Waals surface area contributed by atoms with Crippen molar-refractivity contribution < 1.29 is 4.79 Å². The van der Waals surface area contributed by atoms with E-state index in [1.807, 2.05) is 0 Å². The molecule has 8 heavy (non-hydrogen) atoms. The molecule has 0 heterocycles. The molecule has 0 unspecified atom stereocenters. The topological polar surface area (TPSA) is 17.1 Å². The van der Waals surface area contributed by atoms with Crippen LogP contribution in [-0.4, -0.2) is 16.2 Å². The fourth-order valence-electron chi connectivity index (χ4n) is 0.270. The largest absolute Gasteiger partial charge is 0.288 e. The predicted molar refractivity (Wildman–Crippen MR) is 41.6 cm³/mol. The maximum atomic E-state index is 10.3. The summed E-state index contributed by atoms with van der Waals surface area (Å²) in [5.74, 6) is 0.945. The predicted octanol–water partition coefficient (Wildman–Crippen LogP) is 2.05. The van der Waals surface area contributed by atoms with Crippen LogP contribution >= 0.6 is 27.7 Å². The van der Waals surface area contributed by atoms with Crippen molar-refractivity contribution in [1.82, 2.24) is 0 Å². The highest BCUT2D eigenvalue weighted by molar-refractivity contribution is 9.09. The highest BCUT2D eigenvalue weighted by Gasteiger charge is 1.90. The zero-order chi connectivity index (χ0) is 6.41. The van der Waals surface area contributed by atoms with E-state index < -0.39 is 0 Å². The Morgan fingerprint density at radius 1 is 1.75 bits per heavy atom. The van der Waals surface area contributed by atoms with E-state index in [9.17, 15) is 4.79 Å². The first kappa shape index (κ1) is 8.50. The van der Waals surface area contributed by atoms with Gasteiger partial charge in [0, 0.05) is 18.0 Å². The molecule has 0 atom stereocenters. The van der Waals surface area contributed by atoms with E-state index in [4.69, 9.17) is 0 Å². The van der Waals surface area contributed by atoms with Gasteiger partial charge < -0.3 is 0 Å². The van der Waals surface area contributed by atoms with Crippen LogP contribution in [0.1, 0.15) is 13.3 Å². The molecule has 0 aromatic carbocycles. The Hall–Kier alpha value is 0.500. The Bertz CT molecular complexity index is 74.8. The van der Waals surface area contributed by atoms with Crippen LogP contribution in [0.15, 0.2) is 0 Å². The van der Waals surface area contributed by atoms with Crippen molar-refractivity contribution in [3.05, 3.63) is 0 Å². The molecule has 0 spiro atoms. The molecule has 0 N–H and O–H groups in total. The van der Waals surface area contributed by atoms with Crippen molar-refractivity contribution in [2.45, 2.75) is 13.3 Å². The van der Waals surface area contributed by atoms with Gasteiger partial charge in [-0.05, 0) is 6.42 Å². The standard InChI is InChI=1S/C5H9BrOS/c1-5(7)8-4-2-3-6/h2-4H2,1H3. The maximum absolute atomic E-state index is 10.3. The van der Waals surface area contributed by atoms with Crippen LogP contribution in [0.5, 0.6) is 0 Å². The molecule has 0 bridgehead atoms. The molecular weight excluding hydrogens is 188 g/mol. The van der Waals surface area contributed by atoms with Crippen LogP contribution in [0.2, 0.25) is 0 Å². The first-order chi connectivity index (χ1) is 3.77. The first-order valence-corrected chi connectivity index (χ1v) is 4.57. The summed E-state index contributed by atoms with van der Waals surface area (Å²) in [5.41, 5.74) is 0. The third-order valence-corrected chi connectivity index (χ3v) is 2.04. The van der Waals surface area contributed by atoms with Gasteiger partial charge in [-0.1, -0.05) is 27.7 Å². The number of thioether (sulfide) groups is 1. The third kappa shape index (κ3) is 6.50. The van der Waals surface area contributed by atoms with Crippen LogP contribution in [0.25, 0.3) is 0 Å². The number of carbonyl (C=O) groups excluding carboxylic acids is 1. The molecule has 1 nitrogen and oxygen atoms in total. The monoisotopic (exact) mass is 196 g/mol. The van der Waals surface area contributed by atoms with E-state index in [0.29, 0.717) is 0 Å². The summed E-state index contributed by atoms with van der Waals surface area (Å²) in [6.45, 7) is 1.60. The van der Waals surface area contributed by atoms with Crippen molar-refractivity contribution >= 4 is 32.8 Å². The van der Waals surface area contributed by atoms with Crippen LogP contribution in [0.3, 0.4) is 0 Å². The zero-order valence-corrected chi connectivity index (χ0v) is 7.22. The number of halogens is 1. The molecule has 0 saturated heterocycles. The van der Waals surface area contributed by atoms with Gasteiger partial charge in [0.15, 0.2) is 5.12 Å². The Morgan fingerprint density at radius 2 is 2.38 bits per heavy atom. The van der Waals surface area contributed by atoms with E-state index >= 15 is 0 Å². The summed E-state index contributed by atoms with van der Waals surface area (Å²) in [5, 5.41) is 1.21. The minimum Gasteiger partial charge on any atom is -0.288 e. The molecule has 0 aliphatic carbocycles. The summed E-state index contributed by atoms with van der Waals surface area (Å²) < 4.78 is 0. The minimum atomic E-state index is 0.214. The first-order valence-electron chi connectivity index (χ1n) is 2.46. The van der Waals surface area contributed by atoms with Gasteiger partial charge in [0.2, 0.25) is 0 Å². The average molecular weight is 197 g/mol. The van der Waals surface area contributed by atoms with Gasteiger partial charge in [-0.15, -0.1) is 0 Å². The highest BCUT2D eigenvalue weighted by Crippen LogP contribution is 2.03. The molecule has 0 fully saturated rings. The maximum Gasteiger partial charge on any atom is 0.185 e. The quantitative estimate of drug-likeness (QED) is 0.508. The van der Waals surface area contributed by atoms with Gasteiger partial charge in [-0.25, -0.2) is 0 Å². The summed E-state index contributed by atoms with van der Waals surface area (Å²) in [4.78, 5) is 10.3. The van der Waals surface area contributed by atoms with Gasteiger partial charge in [0.1, 0.15) is 0 Å². The second kappa shape index (κ2) is 5.63. The molecule has 48 valence electrons. The lowest BCUT2D eigenvalue weighted by Gasteiger charge is -1.89. The number of hydrogen-bond donors (Lipinski definition) is 0. The number of carbonyl (C=O) groups is 1. The Morgan fingerprint density at radius 3 is 2.75 bits per heavy atom. The Kier molecular flexibility index (Phi) is 5.99. The van der Waals surface area contributed by atoms with E-state index in [1.54, 1.807) is 6.92 Å². The van der Waals surface area contributed by atoms with Gasteiger partial charge in [0.25, 0.3) is 0 Å². The van der Waals surface area contributed by atoms with Gasteiger partial charge in [-0.3, -0.25) is 4.79 Å². The molecule has 0 radical (unpaired) electrons. The van der Waals surface area contributed by atoms with E-state index in [1.165, 1.54) is 11.8 Å². The number of alkyl halides is 1. The van der Waals surface area contributed by atoms with Gasteiger partial charge in [0.05, 0.1) is 0 Å². The molecule has 0 aliphatic rings. The molecule has 0 aromatic rings. The van der Waals surface area contributed by atoms with E-state index in [-0.39, 0.29) is 5.12 Å². The average Bonchev–Trinajstić information content (AvgIpc) is 1.66. The van der Waals surface area contributed by atoms with Crippen molar-refractivity contribution in [2.24, 2.45) is 0 Å². The molecule has 0 amide bonds. The summed E-state index contributed by atoms with van der Waals surface area (Å²) in [6, 6.07) is 0. The lowest BCUT2D eigenvalue weighted by Crippen LogP contribution is -1.85. The minimum absolute atomic E-state index is 0.214. The molecule has 0 saturated carbocycles. The fourth-order valence-corrected chi connectivity index (χ4v) is 1.50. The van der Waals surface area contributed by atoms with Crippen molar-refractivity contribution in [2.75, 3.05) is 11.1 Å². The van der Waals surface area contributed by atoms with Crippen molar-refractivity contribution in [3.8, 4) is 0 Å². The van der Waals surface area contributed by atoms with Crippen LogP contribution < -0.4 is 0 Å². The molecule has 0 aromatic heterocycles. The second-order valence-electron chi connectivity index (χ2n) is 1.38. The van der Waals surface area contributed by atoms with Crippen LogP contribution in [0, 0.1) is 0 Å². The SMILES string of the molecule is CC(=O)SCCCBr. The van der Waals surface area contributed by atoms with Crippen LogP contribution in [-0.2, 0) is 4.79 Å². The molecular formula is C5H9BrOS. The fraction of sp³-hybridized carbons (Fsp3) is 0.800. The summed E-state index contributed by atoms with van der Waals surface area (Å²) in [6.07, 6.45) is 1.07. The Balaban J connectivity index is 2.82. The Labute approximate surface area is 62.4 Å². The van der Waals surface area contributed by atoms with E-state index in [0.717, 1.165) is 17.5 Å². The molecule has 0 aliphatic heterocycles. The van der Waals surface area contributed by atoms with Crippen LogP contribution in [0.4, 0.5) is 0 Å². The molecule has 0 rings (SSSR count). The normalized spacial score (nSPS) is 9.25. The zero-order valence-electron chi connectivity index (χ0n) is 4.82. The molecule has 3 heteroatoms. The summed E-state index contributed by atoms with van der Waals surface area (Å²) in [7, 11) is 0. The number of hydrogen-bond acceptors (Lipinski definition) is 2. The second-order valence-corrected chi connectivity index (χ2v) is 3.45. The van der Waals surface area contributed by atoms with Crippen molar-refractivity contribution in [3.63, 3.8) is 0 Å². The van der Waals surface area contributed by atoms with Gasteiger partial charge >= 0.3 is 0 Å². The third-order valence-electron chi connectivity index (χ3n) is 0.583. The highest BCUT2D eigenvalue weighted by atomic mass is 79.9. The van der Waals surface area contributed by atoms with E-state index in [2.05, 4.69) is 15.9 Å². The van der Waals surface area contributed by atoms with Crippen molar-refractivity contribution in [1.29, 1.82) is 0 Å². The number of rotatable bonds is 3. The lowest BCUT2D eigenvalue weighted by molar-refractivity contribution is -0.109. The smallest absolute Gasteiger partial charge is 0.185 e. The summed E-state index contributed by atoms with van der Waals surface area (Å²) >= 11 is 4.66.